The van der Waals surface area contributed by atoms with Crippen molar-refractivity contribution in [1.82, 2.24) is 0 Å². The summed E-state index contributed by atoms with van der Waals surface area (Å²) in [6, 6.07) is 6.11. The van der Waals surface area contributed by atoms with Crippen LogP contribution in [0.5, 0.6) is 0 Å². The van der Waals surface area contributed by atoms with Crippen LogP contribution in [0.4, 0.5) is 22.0 Å². The molecule has 2 aromatic carbocycles. The third kappa shape index (κ3) is 2.79. The first kappa shape index (κ1) is 15.2. The number of hydrogen-bond donors (Lipinski definition) is 0. The van der Waals surface area contributed by atoms with Gasteiger partial charge >= 0.3 is 6.18 Å². The standard InChI is InChI=1S/C15H9F5O/c1-8-6-7-10(13(17)12(8)16)14(21)9-4-2-3-5-11(9)15(18,19)20/h2-7H,1H3. The van der Waals surface area contributed by atoms with E-state index in [1.165, 1.54) is 13.0 Å². The molecular weight excluding hydrogens is 291 g/mol. The van der Waals surface area contributed by atoms with Gasteiger partial charge in [-0.15, -0.1) is 0 Å². The number of carbonyl (C=O) groups is 1. The van der Waals surface area contributed by atoms with Gasteiger partial charge in [0, 0.05) is 5.56 Å². The average molecular weight is 300 g/mol. The van der Waals surface area contributed by atoms with E-state index in [0.29, 0.717) is 0 Å². The fourth-order valence-corrected chi connectivity index (χ4v) is 1.89. The van der Waals surface area contributed by atoms with Gasteiger partial charge in [0.05, 0.1) is 11.1 Å². The van der Waals surface area contributed by atoms with E-state index >= 15 is 0 Å². The van der Waals surface area contributed by atoms with E-state index in [1.54, 1.807) is 0 Å². The van der Waals surface area contributed by atoms with Crippen molar-refractivity contribution in [1.29, 1.82) is 0 Å². The highest BCUT2D eigenvalue weighted by Gasteiger charge is 2.35. The van der Waals surface area contributed by atoms with Crippen LogP contribution in [0.2, 0.25) is 0 Å². The van der Waals surface area contributed by atoms with Gasteiger partial charge in [0.25, 0.3) is 0 Å². The highest BCUT2D eigenvalue weighted by Crippen LogP contribution is 2.33. The SMILES string of the molecule is Cc1ccc(C(=O)c2ccccc2C(F)(F)F)c(F)c1F. The molecular formula is C15H9F5O. The van der Waals surface area contributed by atoms with Crippen LogP contribution in [0.1, 0.15) is 27.0 Å². The minimum Gasteiger partial charge on any atom is -0.288 e. The lowest BCUT2D eigenvalue weighted by atomic mass is 9.97. The van der Waals surface area contributed by atoms with E-state index in [2.05, 4.69) is 0 Å². The summed E-state index contributed by atoms with van der Waals surface area (Å²) in [4.78, 5) is 12.1. The smallest absolute Gasteiger partial charge is 0.288 e. The summed E-state index contributed by atoms with van der Waals surface area (Å²) < 4.78 is 65.7. The monoisotopic (exact) mass is 300 g/mol. The number of alkyl halides is 3. The van der Waals surface area contributed by atoms with Gasteiger partial charge in [0.15, 0.2) is 17.4 Å². The van der Waals surface area contributed by atoms with Crippen molar-refractivity contribution in [3.63, 3.8) is 0 Å². The second-order valence-corrected chi connectivity index (χ2v) is 4.43. The highest BCUT2D eigenvalue weighted by atomic mass is 19.4. The van der Waals surface area contributed by atoms with E-state index in [1.807, 2.05) is 0 Å². The zero-order chi connectivity index (χ0) is 15.8. The Bertz CT molecular complexity index is 704. The molecule has 0 saturated heterocycles. The second-order valence-electron chi connectivity index (χ2n) is 4.43. The van der Waals surface area contributed by atoms with Gasteiger partial charge in [-0.3, -0.25) is 4.79 Å². The van der Waals surface area contributed by atoms with E-state index in [9.17, 15) is 26.7 Å². The molecule has 0 bridgehead atoms. The summed E-state index contributed by atoms with van der Waals surface area (Å²) >= 11 is 0. The molecule has 0 aliphatic heterocycles. The van der Waals surface area contributed by atoms with Gasteiger partial charge in [0.2, 0.25) is 0 Å². The maximum absolute atomic E-state index is 13.7. The molecule has 0 unspecified atom stereocenters. The summed E-state index contributed by atoms with van der Waals surface area (Å²) in [5.74, 6) is -3.90. The molecule has 0 amide bonds. The predicted molar refractivity (Wildman–Crippen MR) is 66.0 cm³/mol. The molecule has 0 saturated carbocycles. The topological polar surface area (TPSA) is 17.1 Å². The zero-order valence-corrected chi connectivity index (χ0v) is 10.8. The quantitative estimate of drug-likeness (QED) is 0.588. The number of carbonyl (C=O) groups excluding carboxylic acids is 1. The Morgan fingerprint density at radius 3 is 2.14 bits per heavy atom. The molecule has 110 valence electrons. The van der Waals surface area contributed by atoms with E-state index in [-0.39, 0.29) is 5.56 Å². The number of benzene rings is 2. The minimum atomic E-state index is -4.76. The Balaban J connectivity index is 2.59. The van der Waals surface area contributed by atoms with Crippen LogP contribution in [0, 0.1) is 18.6 Å². The van der Waals surface area contributed by atoms with Gasteiger partial charge in [0.1, 0.15) is 0 Å². The van der Waals surface area contributed by atoms with E-state index in [4.69, 9.17) is 0 Å². The largest absolute Gasteiger partial charge is 0.417 e. The van der Waals surface area contributed by atoms with Gasteiger partial charge in [-0.1, -0.05) is 24.3 Å². The van der Waals surface area contributed by atoms with Crippen LogP contribution in [0.25, 0.3) is 0 Å². The Hall–Kier alpha value is -2.24. The maximum atomic E-state index is 13.7. The molecule has 0 radical (unpaired) electrons. The minimum absolute atomic E-state index is 0.0341. The van der Waals surface area contributed by atoms with Crippen molar-refractivity contribution in [2.24, 2.45) is 0 Å². The molecule has 0 aromatic heterocycles. The molecule has 0 N–H and O–H groups in total. The lowest BCUT2D eigenvalue weighted by molar-refractivity contribution is -0.137. The molecule has 0 heterocycles. The zero-order valence-electron chi connectivity index (χ0n) is 10.8. The highest BCUT2D eigenvalue weighted by molar-refractivity contribution is 6.10. The third-order valence-corrected chi connectivity index (χ3v) is 3.00. The fraction of sp³-hybridized carbons (Fsp3) is 0.133. The van der Waals surface area contributed by atoms with Crippen LogP contribution in [-0.4, -0.2) is 5.78 Å². The van der Waals surface area contributed by atoms with Gasteiger partial charge in [-0.05, 0) is 24.6 Å². The van der Waals surface area contributed by atoms with Gasteiger partial charge in [-0.2, -0.15) is 13.2 Å². The van der Waals surface area contributed by atoms with Crippen LogP contribution in [0.15, 0.2) is 36.4 Å². The van der Waals surface area contributed by atoms with Crippen molar-refractivity contribution < 1.29 is 26.7 Å². The lowest BCUT2D eigenvalue weighted by Crippen LogP contribution is -2.15. The van der Waals surface area contributed by atoms with E-state index in [0.717, 1.165) is 30.3 Å². The first-order chi connectivity index (χ1) is 9.73. The molecule has 0 fully saturated rings. The number of rotatable bonds is 2. The van der Waals surface area contributed by atoms with Crippen LogP contribution >= 0.6 is 0 Å². The van der Waals surface area contributed by atoms with Gasteiger partial charge < -0.3 is 0 Å². The lowest BCUT2D eigenvalue weighted by Gasteiger charge is -2.12. The number of aryl methyl sites for hydroxylation is 1. The second kappa shape index (κ2) is 5.27. The van der Waals surface area contributed by atoms with Crippen LogP contribution in [-0.2, 0) is 6.18 Å². The Morgan fingerprint density at radius 2 is 1.52 bits per heavy atom. The first-order valence-corrected chi connectivity index (χ1v) is 5.89. The Kier molecular flexibility index (Phi) is 3.80. The molecule has 0 atom stereocenters. The van der Waals surface area contributed by atoms with Crippen molar-refractivity contribution in [3.05, 3.63) is 70.3 Å². The normalized spacial score (nSPS) is 11.5. The molecule has 6 heteroatoms. The Morgan fingerprint density at radius 1 is 0.905 bits per heavy atom. The third-order valence-electron chi connectivity index (χ3n) is 3.00. The van der Waals surface area contributed by atoms with Crippen molar-refractivity contribution in [2.45, 2.75) is 13.1 Å². The number of ketones is 1. The van der Waals surface area contributed by atoms with Crippen LogP contribution in [0.3, 0.4) is 0 Å². The van der Waals surface area contributed by atoms with Crippen molar-refractivity contribution >= 4 is 5.78 Å². The number of hydrogen-bond acceptors (Lipinski definition) is 1. The van der Waals surface area contributed by atoms with E-state index < -0.39 is 40.3 Å². The summed E-state index contributed by atoms with van der Waals surface area (Å²) in [6.07, 6.45) is -4.76. The van der Waals surface area contributed by atoms with Crippen LogP contribution < -0.4 is 0 Å². The Labute approximate surface area is 117 Å². The summed E-state index contributed by atoms with van der Waals surface area (Å²) in [5.41, 5.74) is -2.66. The molecule has 2 rings (SSSR count). The maximum Gasteiger partial charge on any atom is 0.417 e. The first-order valence-electron chi connectivity index (χ1n) is 5.89. The molecule has 21 heavy (non-hydrogen) atoms. The molecule has 2 aromatic rings. The van der Waals surface area contributed by atoms with Crippen molar-refractivity contribution in [3.8, 4) is 0 Å². The summed E-state index contributed by atoms with van der Waals surface area (Å²) in [6.45, 7) is 1.29. The molecule has 0 aliphatic rings. The summed E-state index contributed by atoms with van der Waals surface area (Å²) in [5, 5.41) is 0. The molecule has 0 aliphatic carbocycles. The average Bonchev–Trinajstić information content (AvgIpc) is 2.43. The van der Waals surface area contributed by atoms with Crippen molar-refractivity contribution in [2.75, 3.05) is 0 Å². The summed E-state index contributed by atoms with van der Waals surface area (Å²) in [7, 11) is 0. The molecule has 0 spiro atoms. The number of halogens is 5. The molecule has 1 nitrogen and oxygen atoms in total. The van der Waals surface area contributed by atoms with Gasteiger partial charge in [-0.25, -0.2) is 8.78 Å². The predicted octanol–water partition coefficient (Wildman–Crippen LogP) is 4.52. The fourth-order valence-electron chi connectivity index (χ4n) is 1.89.